The van der Waals surface area contributed by atoms with Crippen LogP contribution in [0.2, 0.25) is 0 Å². The summed E-state index contributed by atoms with van der Waals surface area (Å²) in [7, 11) is 2.13. The first-order valence-corrected chi connectivity index (χ1v) is 6.30. The largest absolute Gasteiger partial charge is 0.329 e. The van der Waals surface area contributed by atoms with Gasteiger partial charge in [-0.15, -0.1) is 24.2 Å². The Labute approximate surface area is 109 Å². The number of thioether (sulfide) groups is 1. The van der Waals surface area contributed by atoms with Crippen molar-refractivity contribution in [3.63, 3.8) is 0 Å². The Balaban J connectivity index is 0.00000225. The van der Waals surface area contributed by atoms with Crippen LogP contribution in [0.4, 0.5) is 0 Å². The Hall–Kier alpha value is -0.220. The van der Waals surface area contributed by atoms with Crippen molar-refractivity contribution in [1.82, 2.24) is 4.90 Å². The average molecular weight is 261 g/mol. The molecule has 0 aliphatic carbocycles. The molecule has 0 spiro atoms. The van der Waals surface area contributed by atoms with Crippen molar-refractivity contribution in [2.75, 3.05) is 25.9 Å². The topological polar surface area (TPSA) is 29.3 Å². The third-order valence-electron chi connectivity index (χ3n) is 2.55. The fourth-order valence-corrected chi connectivity index (χ4v) is 2.19. The van der Waals surface area contributed by atoms with Crippen LogP contribution in [-0.4, -0.2) is 36.8 Å². The molecule has 0 bridgehead atoms. The van der Waals surface area contributed by atoms with E-state index in [0.29, 0.717) is 6.04 Å². The van der Waals surface area contributed by atoms with Gasteiger partial charge in [0.15, 0.2) is 0 Å². The highest BCUT2D eigenvalue weighted by Crippen LogP contribution is 2.16. The molecule has 0 aromatic heterocycles. The zero-order chi connectivity index (χ0) is 11.1. The van der Waals surface area contributed by atoms with E-state index < -0.39 is 0 Å². The molecule has 2 nitrogen and oxygen atoms in total. The van der Waals surface area contributed by atoms with Crippen LogP contribution in [0.5, 0.6) is 0 Å². The lowest BCUT2D eigenvalue weighted by molar-refractivity contribution is 0.279. The number of hydrogen-bond acceptors (Lipinski definition) is 3. The summed E-state index contributed by atoms with van der Waals surface area (Å²) in [5.74, 6) is 1.12. The van der Waals surface area contributed by atoms with Gasteiger partial charge in [0.1, 0.15) is 0 Å². The van der Waals surface area contributed by atoms with Gasteiger partial charge in [-0.05, 0) is 26.1 Å². The van der Waals surface area contributed by atoms with Crippen LogP contribution in [0.3, 0.4) is 0 Å². The summed E-state index contributed by atoms with van der Waals surface area (Å²) in [5.41, 5.74) is 5.61. The molecule has 4 heteroatoms. The predicted molar refractivity (Wildman–Crippen MR) is 75.6 cm³/mol. The second kappa shape index (κ2) is 8.88. The summed E-state index contributed by atoms with van der Waals surface area (Å²) < 4.78 is 0. The van der Waals surface area contributed by atoms with Crippen molar-refractivity contribution in [1.29, 1.82) is 0 Å². The Bertz CT molecular complexity index is 269. The smallest absolute Gasteiger partial charge is 0.0187 e. The van der Waals surface area contributed by atoms with E-state index in [1.807, 2.05) is 17.8 Å². The van der Waals surface area contributed by atoms with Crippen LogP contribution in [-0.2, 0) is 0 Å². The van der Waals surface area contributed by atoms with Gasteiger partial charge in [-0.2, -0.15) is 0 Å². The van der Waals surface area contributed by atoms with Gasteiger partial charge in [0, 0.05) is 29.8 Å². The lowest BCUT2D eigenvalue weighted by Gasteiger charge is -2.22. The molecule has 0 saturated carbocycles. The van der Waals surface area contributed by atoms with E-state index in [0.717, 1.165) is 18.8 Å². The van der Waals surface area contributed by atoms with Crippen LogP contribution in [0.15, 0.2) is 35.2 Å². The first kappa shape index (κ1) is 15.8. The lowest BCUT2D eigenvalue weighted by Crippen LogP contribution is -2.36. The molecule has 1 aromatic carbocycles. The fourth-order valence-electron chi connectivity index (χ4n) is 1.22. The molecule has 0 radical (unpaired) electrons. The maximum Gasteiger partial charge on any atom is 0.0187 e. The number of rotatable bonds is 6. The minimum atomic E-state index is 0. The predicted octanol–water partition coefficient (Wildman–Crippen LogP) is 2.48. The zero-order valence-electron chi connectivity index (χ0n) is 9.93. The number of nitrogens with two attached hydrogens (primary N) is 1. The van der Waals surface area contributed by atoms with Gasteiger partial charge < -0.3 is 10.6 Å². The van der Waals surface area contributed by atoms with Gasteiger partial charge >= 0.3 is 0 Å². The summed E-state index contributed by atoms with van der Waals surface area (Å²) in [5, 5.41) is 0. The highest BCUT2D eigenvalue weighted by molar-refractivity contribution is 7.99. The van der Waals surface area contributed by atoms with Gasteiger partial charge in [0.25, 0.3) is 0 Å². The number of benzene rings is 1. The third-order valence-corrected chi connectivity index (χ3v) is 3.54. The molecule has 0 saturated heterocycles. The van der Waals surface area contributed by atoms with Gasteiger partial charge in [-0.1, -0.05) is 18.2 Å². The van der Waals surface area contributed by atoms with E-state index in [9.17, 15) is 0 Å². The number of halogens is 1. The van der Waals surface area contributed by atoms with Crippen molar-refractivity contribution in [2.45, 2.75) is 17.9 Å². The van der Waals surface area contributed by atoms with Crippen LogP contribution < -0.4 is 5.73 Å². The fraction of sp³-hybridized carbons (Fsp3) is 0.500. The number of likely N-dealkylation sites (N-methyl/N-ethyl adjacent to an activating group) is 1. The molecular weight excluding hydrogens is 240 g/mol. The van der Waals surface area contributed by atoms with Crippen molar-refractivity contribution >= 4 is 24.2 Å². The number of nitrogens with zero attached hydrogens (tertiary/aromatic N) is 1. The maximum absolute atomic E-state index is 5.61. The van der Waals surface area contributed by atoms with Crippen molar-refractivity contribution in [3.8, 4) is 0 Å². The second-order valence-corrected chi connectivity index (χ2v) is 4.90. The highest BCUT2D eigenvalue weighted by Gasteiger charge is 2.05. The second-order valence-electron chi connectivity index (χ2n) is 3.73. The van der Waals surface area contributed by atoms with Crippen LogP contribution in [0.25, 0.3) is 0 Å². The van der Waals surface area contributed by atoms with E-state index >= 15 is 0 Å². The Morgan fingerprint density at radius 2 is 1.94 bits per heavy atom. The third kappa shape index (κ3) is 5.75. The van der Waals surface area contributed by atoms with E-state index in [-0.39, 0.29) is 12.4 Å². The molecule has 0 fully saturated rings. The van der Waals surface area contributed by atoms with Crippen LogP contribution >= 0.6 is 24.2 Å². The van der Waals surface area contributed by atoms with Gasteiger partial charge in [-0.25, -0.2) is 0 Å². The minimum absolute atomic E-state index is 0. The maximum atomic E-state index is 5.61. The lowest BCUT2D eigenvalue weighted by atomic mass is 10.3. The molecule has 1 rings (SSSR count). The quantitative estimate of drug-likeness (QED) is 0.797. The minimum Gasteiger partial charge on any atom is -0.329 e. The average Bonchev–Trinajstić information content (AvgIpc) is 2.29. The first-order valence-electron chi connectivity index (χ1n) is 5.32. The molecule has 1 unspecified atom stereocenters. The molecule has 2 N–H and O–H groups in total. The van der Waals surface area contributed by atoms with Crippen molar-refractivity contribution in [3.05, 3.63) is 30.3 Å². The van der Waals surface area contributed by atoms with Gasteiger partial charge in [-0.3, -0.25) is 0 Å². The summed E-state index contributed by atoms with van der Waals surface area (Å²) in [6.07, 6.45) is 0. The highest BCUT2D eigenvalue weighted by atomic mass is 35.5. The van der Waals surface area contributed by atoms with E-state index in [4.69, 9.17) is 5.73 Å². The Kier molecular flexibility index (Phi) is 8.76. The molecule has 92 valence electrons. The molecular formula is C12H21ClN2S. The summed E-state index contributed by atoms with van der Waals surface area (Å²) in [6.45, 7) is 3.97. The van der Waals surface area contributed by atoms with E-state index in [2.05, 4.69) is 43.1 Å². The van der Waals surface area contributed by atoms with E-state index in [1.165, 1.54) is 4.90 Å². The monoisotopic (exact) mass is 260 g/mol. The zero-order valence-corrected chi connectivity index (χ0v) is 11.6. The molecule has 16 heavy (non-hydrogen) atoms. The van der Waals surface area contributed by atoms with Gasteiger partial charge in [0.05, 0.1) is 0 Å². The Morgan fingerprint density at radius 1 is 1.31 bits per heavy atom. The first-order chi connectivity index (χ1) is 7.24. The number of hydrogen-bond donors (Lipinski definition) is 1. The van der Waals surface area contributed by atoms with Crippen LogP contribution in [0.1, 0.15) is 6.92 Å². The van der Waals surface area contributed by atoms with Gasteiger partial charge in [0.2, 0.25) is 0 Å². The summed E-state index contributed by atoms with van der Waals surface area (Å²) in [6, 6.07) is 11.0. The molecule has 0 amide bonds. The van der Waals surface area contributed by atoms with Crippen molar-refractivity contribution in [2.24, 2.45) is 5.73 Å². The Morgan fingerprint density at radius 3 is 2.50 bits per heavy atom. The molecule has 1 aromatic rings. The molecule has 1 atom stereocenters. The van der Waals surface area contributed by atoms with Crippen molar-refractivity contribution < 1.29 is 0 Å². The van der Waals surface area contributed by atoms with E-state index in [1.54, 1.807) is 0 Å². The molecule has 0 heterocycles. The molecule has 0 aliphatic rings. The SMILES string of the molecule is CC(CN)N(C)CCSc1ccccc1.Cl. The normalized spacial score (nSPS) is 12.2. The summed E-state index contributed by atoms with van der Waals surface area (Å²) in [4.78, 5) is 3.64. The van der Waals surface area contributed by atoms with Crippen LogP contribution in [0, 0.1) is 0 Å². The summed E-state index contributed by atoms with van der Waals surface area (Å²) >= 11 is 1.89. The standard InChI is InChI=1S/C12H20N2S.ClH/c1-11(10-13)14(2)8-9-15-12-6-4-3-5-7-12;/h3-7,11H,8-10,13H2,1-2H3;1H. The molecule has 0 aliphatic heterocycles.